The van der Waals surface area contributed by atoms with Gasteiger partial charge in [-0.1, -0.05) is 62.8 Å². The molecule has 3 saturated carbocycles. The summed E-state index contributed by atoms with van der Waals surface area (Å²) in [6.45, 7) is 7.19. The summed E-state index contributed by atoms with van der Waals surface area (Å²) < 4.78 is 0. The third-order valence-electron chi connectivity index (χ3n) is 9.63. The Labute approximate surface area is 191 Å². The largest absolute Gasteiger partial charge is 0.379 e. The van der Waals surface area contributed by atoms with Crippen LogP contribution in [0.3, 0.4) is 0 Å². The van der Waals surface area contributed by atoms with Crippen molar-refractivity contribution >= 4 is 11.7 Å². The molecule has 5 unspecified atom stereocenters. The number of amides is 1. The van der Waals surface area contributed by atoms with Gasteiger partial charge in [-0.25, -0.2) is 0 Å². The van der Waals surface area contributed by atoms with Gasteiger partial charge in [0, 0.05) is 17.4 Å². The molecule has 1 amide bonds. The number of ketones is 1. The van der Waals surface area contributed by atoms with Crippen LogP contribution >= 0.6 is 0 Å². The summed E-state index contributed by atoms with van der Waals surface area (Å²) >= 11 is 0. The Bertz CT molecular complexity index is 997. The Morgan fingerprint density at radius 1 is 1.19 bits per heavy atom. The molecule has 0 radical (unpaired) electrons. The van der Waals surface area contributed by atoms with Gasteiger partial charge >= 0.3 is 0 Å². The van der Waals surface area contributed by atoms with Crippen LogP contribution in [0, 0.1) is 34.5 Å². The third-order valence-corrected chi connectivity index (χ3v) is 9.63. The van der Waals surface area contributed by atoms with E-state index in [0.717, 1.165) is 31.2 Å². The number of fused-ring (bicyclic) bond motifs is 5. The highest BCUT2D eigenvalue weighted by molar-refractivity contribution is 6.01. The standard InChI is InChI=1S/C28H35NO3/c1-18-16-27(3)23(22-10-9-20-15-21(30)11-13-26(20,2)24(18)22)12-14-28(27,32)25(31)29-17-19-7-5-4-6-8-19/h4-8,11,13,15,18,22-24,32H,9-10,12,14,16-17H2,1-3H3,(H,29,31)/t18-,22?,23?,24?,26?,27?,28-/m0/s1. The second kappa shape index (κ2) is 7.41. The second-order valence-electron chi connectivity index (χ2n) is 11.2. The quantitative estimate of drug-likeness (QED) is 0.733. The maximum Gasteiger partial charge on any atom is 0.252 e. The van der Waals surface area contributed by atoms with Crippen molar-refractivity contribution in [1.82, 2.24) is 5.32 Å². The number of rotatable bonds is 3. The molecule has 4 aliphatic carbocycles. The summed E-state index contributed by atoms with van der Waals surface area (Å²) in [4.78, 5) is 25.4. The van der Waals surface area contributed by atoms with Crippen LogP contribution in [-0.2, 0) is 16.1 Å². The molecule has 0 bridgehead atoms. The summed E-state index contributed by atoms with van der Waals surface area (Å²) in [5.74, 6) is 1.47. The van der Waals surface area contributed by atoms with Crippen molar-refractivity contribution in [2.75, 3.05) is 0 Å². The van der Waals surface area contributed by atoms with E-state index in [-0.39, 0.29) is 17.1 Å². The molecule has 170 valence electrons. The number of carbonyl (C=O) groups is 2. The van der Waals surface area contributed by atoms with Gasteiger partial charge in [-0.15, -0.1) is 0 Å². The van der Waals surface area contributed by atoms with E-state index < -0.39 is 11.0 Å². The van der Waals surface area contributed by atoms with Gasteiger partial charge in [0.15, 0.2) is 5.78 Å². The zero-order chi connectivity index (χ0) is 22.7. The van der Waals surface area contributed by atoms with Crippen LogP contribution in [0.5, 0.6) is 0 Å². The van der Waals surface area contributed by atoms with Crippen LogP contribution < -0.4 is 5.32 Å². The maximum atomic E-state index is 13.4. The van der Waals surface area contributed by atoms with E-state index in [1.54, 1.807) is 6.08 Å². The van der Waals surface area contributed by atoms with Crippen LogP contribution in [0.15, 0.2) is 54.1 Å². The lowest BCUT2D eigenvalue weighted by atomic mass is 9.44. The van der Waals surface area contributed by atoms with Crippen LogP contribution in [-0.4, -0.2) is 22.4 Å². The molecule has 3 fully saturated rings. The van der Waals surface area contributed by atoms with Crippen molar-refractivity contribution in [3.05, 3.63) is 59.7 Å². The molecular weight excluding hydrogens is 398 g/mol. The molecule has 7 atom stereocenters. The molecule has 5 rings (SSSR count). The van der Waals surface area contributed by atoms with Gasteiger partial charge in [0.05, 0.1) is 0 Å². The van der Waals surface area contributed by atoms with E-state index in [4.69, 9.17) is 0 Å². The molecule has 0 aromatic heterocycles. The molecule has 32 heavy (non-hydrogen) atoms. The van der Waals surface area contributed by atoms with Crippen molar-refractivity contribution in [2.45, 2.75) is 65.0 Å². The Hall–Kier alpha value is -2.20. The molecule has 1 aromatic rings. The number of allylic oxidation sites excluding steroid dienone is 4. The molecule has 2 N–H and O–H groups in total. The Morgan fingerprint density at radius 2 is 1.94 bits per heavy atom. The number of hydrogen-bond acceptors (Lipinski definition) is 3. The van der Waals surface area contributed by atoms with Gasteiger partial charge in [-0.3, -0.25) is 9.59 Å². The number of carbonyl (C=O) groups excluding carboxylic acids is 2. The fourth-order valence-corrected chi connectivity index (χ4v) is 8.19. The van der Waals surface area contributed by atoms with Crippen LogP contribution in [0.25, 0.3) is 0 Å². The predicted octanol–water partition coefficient (Wildman–Crippen LogP) is 4.59. The first-order valence-electron chi connectivity index (χ1n) is 12.2. The zero-order valence-corrected chi connectivity index (χ0v) is 19.4. The number of nitrogens with one attached hydrogen (secondary N) is 1. The van der Waals surface area contributed by atoms with Crippen molar-refractivity contribution in [3.63, 3.8) is 0 Å². The summed E-state index contributed by atoms with van der Waals surface area (Å²) in [6, 6.07) is 9.88. The van der Waals surface area contributed by atoms with Crippen LogP contribution in [0.1, 0.15) is 58.4 Å². The second-order valence-corrected chi connectivity index (χ2v) is 11.2. The van der Waals surface area contributed by atoms with E-state index >= 15 is 0 Å². The maximum absolute atomic E-state index is 13.4. The molecule has 0 heterocycles. The first-order valence-corrected chi connectivity index (χ1v) is 12.2. The average Bonchev–Trinajstić information content (AvgIpc) is 3.04. The predicted molar refractivity (Wildman–Crippen MR) is 124 cm³/mol. The highest BCUT2D eigenvalue weighted by atomic mass is 16.3. The van der Waals surface area contributed by atoms with Gasteiger partial charge in [0.25, 0.3) is 5.91 Å². The number of hydrogen-bond donors (Lipinski definition) is 2. The minimum absolute atomic E-state index is 0.0894. The smallest absolute Gasteiger partial charge is 0.252 e. The van der Waals surface area contributed by atoms with Gasteiger partial charge < -0.3 is 10.4 Å². The van der Waals surface area contributed by atoms with Gasteiger partial charge in [0.1, 0.15) is 5.60 Å². The van der Waals surface area contributed by atoms with E-state index in [1.165, 1.54) is 5.57 Å². The summed E-state index contributed by atoms with van der Waals surface area (Å²) in [5.41, 5.74) is 0.463. The fraction of sp³-hybridized carbons (Fsp3) is 0.571. The average molecular weight is 434 g/mol. The Kier molecular flexibility index (Phi) is 5.01. The Morgan fingerprint density at radius 3 is 2.69 bits per heavy atom. The molecule has 1 aromatic carbocycles. The highest BCUT2D eigenvalue weighted by Gasteiger charge is 2.67. The number of benzene rings is 1. The Balaban J connectivity index is 1.41. The molecule has 0 spiro atoms. The van der Waals surface area contributed by atoms with E-state index in [9.17, 15) is 14.7 Å². The van der Waals surface area contributed by atoms with Gasteiger partial charge in [-0.2, -0.15) is 0 Å². The molecule has 4 heteroatoms. The highest BCUT2D eigenvalue weighted by Crippen LogP contribution is 2.68. The summed E-state index contributed by atoms with van der Waals surface area (Å²) in [7, 11) is 0. The minimum atomic E-state index is -1.33. The SMILES string of the molecule is C[C@H]1CC2(C)C(CC[C@]2(O)C(=O)NCc2ccccc2)C2CCC3=CC(=O)C=CC3(C)C21. The molecule has 0 aliphatic heterocycles. The first-order chi connectivity index (χ1) is 15.2. The fourth-order valence-electron chi connectivity index (χ4n) is 8.19. The summed E-state index contributed by atoms with van der Waals surface area (Å²) in [6.07, 6.45) is 9.97. The normalized spacial score (nSPS) is 42.5. The topological polar surface area (TPSA) is 66.4 Å². The number of aliphatic hydroxyl groups is 1. The van der Waals surface area contributed by atoms with Crippen LogP contribution in [0.2, 0.25) is 0 Å². The summed E-state index contributed by atoms with van der Waals surface area (Å²) in [5, 5.41) is 14.9. The van der Waals surface area contributed by atoms with Crippen molar-refractivity contribution in [3.8, 4) is 0 Å². The van der Waals surface area contributed by atoms with E-state index in [2.05, 4.69) is 32.2 Å². The van der Waals surface area contributed by atoms with Crippen LogP contribution in [0.4, 0.5) is 0 Å². The first kappa shape index (κ1) is 21.6. The van der Waals surface area contributed by atoms with Crippen molar-refractivity contribution < 1.29 is 14.7 Å². The van der Waals surface area contributed by atoms with Gasteiger partial charge in [0.2, 0.25) is 0 Å². The monoisotopic (exact) mass is 433 g/mol. The molecular formula is C28H35NO3. The minimum Gasteiger partial charge on any atom is -0.379 e. The molecule has 0 saturated heterocycles. The zero-order valence-electron chi connectivity index (χ0n) is 19.4. The molecule has 4 aliphatic rings. The van der Waals surface area contributed by atoms with E-state index in [1.807, 2.05) is 36.4 Å². The van der Waals surface area contributed by atoms with E-state index in [0.29, 0.717) is 36.6 Å². The molecule has 4 nitrogen and oxygen atoms in total. The lowest BCUT2D eigenvalue weighted by Crippen LogP contribution is -2.61. The third kappa shape index (κ3) is 2.98. The van der Waals surface area contributed by atoms with Gasteiger partial charge in [-0.05, 0) is 73.5 Å². The lowest BCUT2D eigenvalue weighted by molar-refractivity contribution is -0.168. The van der Waals surface area contributed by atoms with Crippen molar-refractivity contribution in [2.24, 2.45) is 34.5 Å². The lowest BCUT2D eigenvalue weighted by Gasteiger charge is -2.60. The van der Waals surface area contributed by atoms with Crippen molar-refractivity contribution in [1.29, 1.82) is 0 Å².